The summed E-state index contributed by atoms with van der Waals surface area (Å²) in [6, 6.07) is 7.23. The fraction of sp³-hybridized carbons (Fsp3) is 0.538. The summed E-state index contributed by atoms with van der Waals surface area (Å²) in [6.07, 6.45) is 1.52. The van der Waals surface area contributed by atoms with Crippen molar-refractivity contribution in [3.05, 3.63) is 34.9 Å². The van der Waals surface area contributed by atoms with Crippen molar-refractivity contribution >= 4 is 21.6 Å². The summed E-state index contributed by atoms with van der Waals surface area (Å²) < 4.78 is 26.1. The van der Waals surface area contributed by atoms with Gasteiger partial charge in [-0.1, -0.05) is 36.7 Å². The van der Waals surface area contributed by atoms with E-state index in [0.717, 1.165) is 25.1 Å². The van der Waals surface area contributed by atoms with Gasteiger partial charge in [0.05, 0.1) is 5.75 Å². The second-order valence-electron chi connectivity index (χ2n) is 4.29. The zero-order valence-electron chi connectivity index (χ0n) is 11.2. The van der Waals surface area contributed by atoms with Gasteiger partial charge in [0, 0.05) is 11.6 Å². The number of nitrogens with one attached hydrogen (secondary N) is 2. The predicted molar refractivity (Wildman–Crippen MR) is 79.9 cm³/mol. The van der Waals surface area contributed by atoms with Crippen LogP contribution in [-0.2, 0) is 16.6 Å². The Morgan fingerprint density at radius 2 is 1.95 bits per heavy atom. The summed E-state index contributed by atoms with van der Waals surface area (Å²) in [5.74, 6) is 0.156. The van der Waals surface area contributed by atoms with E-state index in [-0.39, 0.29) is 12.3 Å². The molecule has 0 aliphatic rings. The van der Waals surface area contributed by atoms with Crippen LogP contribution in [0, 0.1) is 0 Å². The molecule has 0 unspecified atom stereocenters. The van der Waals surface area contributed by atoms with Crippen LogP contribution in [0.4, 0.5) is 0 Å². The number of hydrogen-bond acceptors (Lipinski definition) is 3. The van der Waals surface area contributed by atoms with Crippen LogP contribution in [0.25, 0.3) is 0 Å². The molecule has 0 radical (unpaired) electrons. The summed E-state index contributed by atoms with van der Waals surface area (Å²) >= 11 is 5.97. The van der Waals surface area contributed by atoms with E-state index in [1.54, 1.807) is 6.07 Å². The zero-order chi connectivity index (χ0) is 14.1. The lowest BCUT2D eigenvalue weighted by atomic mass is 10.2. The van der Waals surface area contributed by atoms with Crippen LogP contribution in [0.15, 0.2) is 24.3 Å². The highest BCUT2D eigenvalue weighted by Gasteiger charge is 2.10. The molecule has 0 saturated carbocycles. The average molecular weight is 305 g/mol. The summed E-state index contributed by atoms with van der Waals surface area (Å²) in [5.41, 5.74) is 0.792. The number of hydrogen-bond donors (Lipinski definition) is 2. The van der Waals surface area contributed by atoms with E-state index < -0.39 is 10.0 Å². The standard InChI is InChI=1S/C13H21ClN2O2S/c1-2-15-9-5-6-10-19(17,18)16-11-12-7-3-4-8-13(12)14/h3-4,7-8,15-16H,2,5-6,9-11H2,1H3. The van der Waals surface area contributed by atoms with Gasteiger partial charge in [0.2, 0.25) is 10.0 Å². The Hall–Kier alpha value is -0.620. The maximum atomic E-state index is 11.8. The molecule has 4 nitrogen and oxygen atoms in total. The Kier molecular flexibility index (Phi) is 7.38. The van der Waals surface area contributed by atoms with Crippen LogP contribution in [0.1, 0.15) is 25.3 Å². The van der Waals surface area contributed by atoms with Crippen LogP contribution in [-0.4, -0.2) is 27.3 Å². The van der Waals surface area contributed by atoms with Crippen molar-refractivity contribution in [1.29, 1.82) is 0 Å². The molecular weight excluding hydrogens is 284 g/mol. The van der Waals surface area contributed by atoms with Crippen LogP contribution in [0.5, 0.6) is 0 Å². The van der Waals surface area contributed by atoms with E-state index >= 15 is 0 Å². The van der Waals surface area contributed by atoms with Crippen molar-refractivity contribution < 1.29 is 8.42 Å². The highest BCUT2D eigenvalue weighted by molar-refractivity contribution is 7.89. The van der Waals surface area contributed by atoms with E-state index in [9.17, 15) is 8.42 Å². The van der Waals surface area contributed by atoms with Crippen LogP contribution < -0.4 is 10.0 Å². The molecule has 108 valence electrons. The van der Waals surface area contributed by atoms with Crippen LogP contribution in [0.2, 0.25) is 5.02 Å². The predicted octanol–water partition coefficient (Wildman–Crippen LogP) is 2.15. The Bertz CT molecular complexity index is 477. The van der Waals surface area contributed by atoms with E-state index in [1.165, 1.54) is 0 Å². The van der Waals surface area contributed by atoms with Gasteiger partial charge in [0.25, 0.3) is 0 Å². The first-order chi connectivity index (χ1) is 9.05. The third-order valence-corrected chi connectivity index (χ3v) is 4.49. The molecule has 0 aromatic heterocycles. The number of halogens is 1. The maximum Gasteiger partial charge on any atom is 0.211 e. The molecule has 0 spiro atoms. The molecule has 0 bridgehead atoms. The van der Waals surface area contributed by atoms with Gasteiger partial charge in [-0.25, -0.2) is 13.1 Å². The van der Waals surface area contributed by atoms with Gasteiger partial charge in [-0.3, -0.25) is 0 Å². The van der Waals surface area contributed by atoms with Crippen LogP contribution in [0.3, 0.4) is 0 Å². The lowest BCUT2D eigenvalue weighted by molar-refractivity contribution is 0.574. The van der Waals surface area contributed by atoms with E-state index in [0.29, 0.717) is 11.4 Å². The molecule has 19 heavy (non-hydrogen) atoms. The molecule has 2 N–H and O–H groups in total. The Morgan fingerprint density at radius 1 is 1.21 bits per heavy atom. The molecule has 1 aromatic rings. The fourth-order valence-electron chi connectivity index (χ4n) is 1.62. The summed E-state index contributed by atoms with van der Waals surface area (Å²) in [5, 5.41) is 3.75. The number of benzene rings is 1. The Morgan fingerprint density at radius 3 is 2.63 bits per heavy atom. The normalized spacial score (nSPS) is 11.7. The SMILES string of the molecule is CCNCCCCS(=O)(=O)NCc1ccccc1Cl. The van der Waals surface area contributed by atoms with Crippen molar-refractivity contribution in [2.75, 3.05) is 18.8 Å². The van der Waals surface area contributed by atoms with Gasteiger partial charge in [-0.2, -0.15) is 0 Å². The van der Waals surface area contributed by atoms with Gasteiger partial charge in [-0.05, 0) is 37.6 Å². The van der Waals surface area contributed by atoms with Crippen molar-refractivity contribution in [2.24, 2.45) is 0 Å². The molecule has 0 amide bonds. The first-order valence-corrected chi connectivity index (χ1v) is 8.49. The number of unbranched alkanes of at least 4 members (excludes halogenated alkanes) is 1. The summed E-state index contributed by atoms with van der Waals surface area (Å²) in [4.78, 5) is 0. The van der Waals surface area contributed by atoms with Crippen molar-refractivity contribution in [3.63, 3.8) is 0 Å². The van der Waals surface area contributed by atoms with Gasteiger partial charge < -0.3 is 5.32 Å². The molecule has 1 rings (SSSR count). The molecule has 0 aliphatic carbocycles. The third-order valence-electron chi connectivity index (χ3n) is 2.71. The summed E-state index contributed by atoms with van der Waals surface area (Å²) in [6.45, 7) is 4.05. The molecule has 0 aliphatic heterocycles. The Labute approximate surface area is 120 Å². The van der Waals surface area contributed by atoms with Gasteiger partial charge >= 0.3 is 0 Å². The maximum absolute atomic E-state index is 11.8. The minimum atomic E-state index is -3.22. The smallest absolute Gasteiger partial charge is 0.211 e. The molecule has 0 atom stereocenters. The number of sulfonamides is 1. The van der Waals surface area contributed by atoms with E-state index in [4.69, 9.17) is 11.6 Å². The van der Waals surface area contributed by atoms with Gasteiger partial charge in [-0.15, -0.1) is 0 Å². The van der Waals surface area contributed by atoms with Crippen LogP contribution >= 0.6 is 11.6 Å². The Balaban J connectivity index is 2.33. The second kappa shape index (κ2) is 8.53. The van der Waals surface area contributed by atoms with E-state index in [1.807, 2.05) is 25.1 Å². The molecule has 6 heteroatoms. The first kappa shape index (κ1) is 16.4. The summed E-state index contributed by atoms with van der Waals surface area (Å²) in [7, 11) is -3.22. The fourth-order valence-corrected chi connectivity index (χ4v) is 2.93. The minimum absolute atomic E-state index is 0.156. The third kappa shape index (κ3) is 6.92. The quantitative estimate of drug-likeness (QED) is 0.687. The van der Waals surface area contributed by atoms with Crippen molar-refractivity contribution in [2.45, 2.75) is 26.3 Å². The zero-order valence-corrected chi connectivity index (χ0v) is 12.7. The highest BCUT2D eigenvalue weighted by atomic mass is 35.5. The second-order valence-corrected chi connectivity index (χ2v) is 6.63. The topological polar surface area (TPSA) is 58.2 Å². The van der Waals surface area contributed by atoms with E-state index in [2.05, 4.69) is 10.0 Å². The molecule has 1 aromatic carbocycles. The molecule has 0 heterocycles. The van der Waals surface area contributed by atoms with Gasteiger partial charge in [0.1, 0.15) is 0 Å². The highest BCUT2D eigenvalue weighted by Crippen LogP contribution is 2.14. The average Bonchev–Trinajstić information content (AvgIpc) is 2.37. The first-order valence-electron chi connectivity index (χ1n) is 6.46. The minimum Gasteiger partial charge on any atom is -0.317 e. The van der Waals surface area contributed by atoms with Crippen molar-refractivity contribution in [3.8, 4) is 0 Å². The lowest BCUT2D eigenvalue weighted by Crippen LogP contribution is -2.26. The van der Waals surface area contributed by atoms with Gasteiger partial charge in [0.15, 0.2) is 0 Å². The lowest BCUT2D eigenvalue weighted by Gasteiger charge is -2.08. The van der Waals surface area contributed by atoms with Crippen molar-refractivity contribution in [1.82, 2.24) is 10.0 Å². The largest absolute Gasteiger partial charge is 0.317 e. The molecule has 0 saturated heterocycles. The molecular formula is C13H21ClN2O2S. The number of rotatable bonds is 9. The molecule has 0 fully saturated rings. The monoisotopic (exact) mass is 304 g/mol.